The van der Waals surface area contributed by atoms with Crippen molar-refractivity contribution in [3.63, 3.8) is 0 Å². The molecule has 2 atom stereocenters. The second-order valence-electron chi connectivity index (χ2n) is 2.09. The lowest BCUT2D eigenvalue weighted by Gasteiger charge is -2.09. The van der Waals surface area contributed by atoms with Gasteiger partial charge in [-0.15, -0.1) is 0 Å². The summed E-state index contributed by atoms with van der Waals surface area (Å²) in [5.74, 6) is -0.512. The number of esters is 1. The summed E-state index contributed by atoms with van der Waals surface area (Å²) in [4.78, 5) is 10.8. The van der Waals surface area contributed by atoms with Crippen LogP contribution in [0.25, 0.3) is 0 Å². The van der Waals surface area contributed by atoms with Crippen molar-refractivity contribution in [3.8, 4) is 6.07 Å². The van der Waals surface area contributed by atoms with E-state index in [2.05, 4.69) is 9.47 Å². The highest BCUT2D eigenvalue weighted by Crippen LogP contribution is 1.96. The lowest BCUT2D eigenvalue weighted by molar-refractivity contribution is -0.156. The van der Waals surface area contributed by atoms with Gasteiger partial charge in [0.25, 0.3) is 0 Å². The van der Waals surface area contributed by atoms with Crippen molar-refractivity contribution in [2.75, 3.05) is 7.11 Å². The van der Waals surface area contributed by atoms with E-state index in [0.717, 1.165) is 0 Å². The van der Waals surface area contributed by atoms with E-state index >= 15 is 0 Å². The summed E-state index contributed by atoms with van der Waals surface area (Å²) in [7, 11) is 1.41. The Bertz CT molecular complexity index is 173. The van der Waals surface area contributed by atoms with Crippen molar-refractivity contribution in [1.82, 2.24) is 0 Å². The van der Waals surface area contributed by atoms with E-state index in [9.17, 15) is 4.79 Å². The largest absolute Gasteiger partial charge is 0.445 e. The number of ether oxygens (including phenoxy) is 2. The van der Waals surface area contributed by atoms with Crippen LogP contribution < -0.4 is 0 Å². The molecule has 0 N–H and O–H groups in total. The third kappa shape index (κ3) is 3.58. The van der Waals surface area contributed by atoms with Crippen molar-refractivity contribution in [3.05, 3.63) is 0 Å². The molecule has 0 saturated carbocycles. The number of carbonyl (C=O) groups excluding carboxylic acids is 1. The summed E-state index contributed by atoms with van der Waals surface area (Å²) in [6.45, 7) is 3.06. The molecule has 0 fully saturated rings. The third-order valence-electron chi connectivity index (χ3n) is 1.16. The van der Waals surface area contributed by atoms with Gasteiger partial charge in [-0.3, -0.25) is 0 Å². The van der Waals surface area contributed by atoms with Gasteiger partial charge in [-0.05, 0) is 13.8 Å². The number of nitrogens with zero attached hydrogens (tertiary/aromatic N) is 1. The van der Waals surface area contributed by atoms with Gasteiger partial charge in [0.2, 0.25) is 0 Å². The predicted octanol–water partition coefficient (Wildman–Crippen LogP) is 0.477. The minimum Gasteiger partial charge on any atom is -0.445 e. The fourth-order valence-corrected chi connectivity index (χ4v) is 0.393. The maximum atomic E-state index is 10.8. The molecule has 0 bridgehead atoms. The summed E-state index contributed by atoms with van der Waals surface area (Å²) in [5, 5.41) is 8.27. The molecule has 62 valence electrons. The highest BCUT2D eigenvalue weighted by molar-refractivity contribution is 5.74. The summed E-state index contributed by atoms with van der Waals surface area (Å²) in [6, 6.07) is 1.78. The average Bonchev–Trinajstić information content (AvgIpc) is 2.02. The van der Waals surface area contributed by atoms with E-state index in [1.54, 1.807) is 13.0 Å². The Kier molecular flexibility index (Phi) is 4.23. The Morgan fingerprint density at radius 2 is 2.09 bits per heavy atom. The SMILES string of the molecule is COC(C)C(=O)OC(C)C#N. The Labute approximate surface area is 65.7 Å². The van der Waals surface area contributed by atoms with Gasteiger partial charge < -0.3 is 9.47 Å². The average molecular weight is 157 g/mol. The van der Waals surface area contributed by atoms with Crippen LogP contribution in [0.5, 0.6) is 0 Å². The number of nitriles is 1. The first-order valence-electron chi connectivity index (χ1n) is 3.24. The Balaban J connectivity index is 3.80. The van der Waals surface area contributed by atoms with Gasteiger partial charge in [-0.2, -0.15) is 5.26 Å². The molecule has 0 aliphatic heterocycles. The fraction of sp³-hybridized carbons (Fsp3) is 0.714. The molecular weight excluding hydrogens is 146 g/mol. The van der Waals surface area contributed by atoms with Gasteiger partial charge >= 0.3 is 5.97 Å². The van der Waals surface area contributed by atoms with Crippen LogP contribution in [0, 0.1) is 11.3 Å². The minimum atomic E-state index is -0.708. The summed E-state index contributed by atoms with van der Waals surface area (Å²) in [6.07, 6.45) is -1.31. The summed E-state index contributed by atoms with van der Waals surface area (Å²) >= 11 is 0. The highest BCUT2D eigenvalue weighted by atomic mass is 16.6. The smallest absolute Gasteiger partial charge is 0.336 e. The van der Waals surface area contributed by atoms with Gasteiger partial charge in [-0.1, -0.05) is 0 Å². The molecule has 0 aliphatic rings. The van der Waals surface area contributed by atoms with Gasteiger partial charge in [0.05, 0.1) is 0 Å². The zero-order valence-corrected chi connectivity index (χ0v) is 6.83. The summed E-state index contributed by atoms with van der Waals surface area (Å²) in [5.41, 5.74) is 0. The molecule has 0 aromatic heterocycles. The molecule has 0 aromatic rings. The van der Waals surface area contributed by atoms with Gasteiger partial charge in [0.15, 0.2) is 12.2 Å². The first-order valence-corrected chi connectivity index (χ1v) is 3.24. The number of hydrogen-bond acceptors (Lipinski definition) is 4. The zero-order valence-electron chi connectivity index (χ0n) is 6.83. The van der Waals surface area contributed by atoms with Crippen LogP contribution in [0.2, 0.25) is 0 Å². The van der Waals surface area contributed by atoms with Crippen molar-refractivity contribution in [2.45, 2.75) is 26.1 Å². The van der Waals surface area contributed by atoms with Crippen LogP contribution in [0.4, 0.5) is 0 Å². The van der Waals surface area contributed by atoms with Crippen molar-refractivity contribution in [2.24, 2.45) is 0 Å². The van der Waals surface area contributed by atoms with Crippen LogP contribution in [0.3, 0.4) is 0 Å². The Hall–Kier alpha value is -1.08. The second-order valence-corrected chi connectivity index (χ2v) is 2.09. The lowest BCUT2D eigenvalue weighted by atomic mass is 10.4. The topological polar surface area (TPSA) is 59.3 Å². The second kappa shape index (κ2) is 4.69. The normalized spacial score (nSPS) is 14.7. The first kappa shape index (κ1) is 9.92. The monoisotopic (exact) mass is 157 g/mol. The molecule has 0 rings (SSSR count). The van der Waals surface area contributed by atoms with Crippen LogP contribution in [-0.2, 0) is 14.3 Å². The summed E-state index contributed by atoms with van der Waals surface area (Å²) < 4.78 is 9.30. The molecule has 4 nitrogen and oxygen atoms in total. The van der Waals surface area contributed by atoms with E-state index in [0.29, 0.717) is 0 Å². The molecule has 0 amide bonds. The van der Waals surface area contributed by atoms with Gasteiger partial charge in [0, 0.05) is 7.11 Å². The predicted molar refractivity (Wildman–Crippen MR) is 37.6 cm³/mol. The zero-order chi connectivity index (χ0) is 8.85. The molecule has 4 heteroatoms. The highest BCUT2D eigenvalue weighted by Gasteiger charge is 2.15. The number of methoxy groups -OCH3 is 1. The lowest BCUT2D eigenvalue weighted by Crippen LogP contribution is -2.25. The maximum Gasteiger partial charge on any atom is 0.336 e. The number of hydrogen-bond donors (Lipinski definition) is 0. The Morgan fingerprint density at radius 3 is 2.45 bits per heavy atom. The van der Waals surface area contributed by atoms with Crippen LogP contribution in [-0.4, -0.2) is 25.3 Å². The molecular formula is C7H11NO3. The number of carbonyl (C=O) groups is 1. The number of rotatable bonds is 3. The molecule has 0 radical (unpaired) electrons. The molecule has 0 aliphatic carbocycles. The molecule has 11 heavy (non-hydrogen) atoms. The van der Waals surface area contributed by atoms with Crippen LogP contribution in [0.1, 0.15) is 13.8 Å². The van der Waals surface area contributed by atoms with Crippen molar-refractivity contribution >= 4 is 5.97 Å². The van der Waals surface area contributed by atoms with E-state index in [-0.39, 0.29) is 0 Å². The Morgan fingerprint density at radius 1 is 1.55 bits per heavy atom. The molecule has 0 saturated heterocycles. The quantitative estimate of drug-likeness (QED) is 0.559. The molecule has 0 spiro atoms. The first-order chi connectivity index (χ1) is 5.11. The molecule has 2 unspecified atom stereocenters. The van der Waals surface area contributed by atoms with E-state index in [4.69, 9.17) is 5.26 Å². The molecule has 0 heterocycles. The maximum absolute atomic E-state index is 10.8. The minimum absolute atomic E-state index is 0.512. The van der Waals surface area contributed by atoms with Crippen LogP contribution in [0.15, 0.2) is 0 Å². The standard InChI is InChI=1S/C7H11NO3/c1-5(4-8)11-7(9)6(2)10-3/h5-6H,1-3H3. The van der Waals surface area contributed by atoms with E-state index in [1.807, 2.05) is 0 Å². The molecule has 0 aromatic carbocycles. The van der Waals surface area contributed by atoms with Crippen LogP contribution >= 0.6 is 0 Å². The van der Waals surface area contributed by atoms with Gasteiger partial charge in [-0.25, -0.2) is 4.79 Å². The third-order valence-corrected chi connectivity index (χ3v) is 1.16. The van der Waals surface area contributed by atoms with E-state index < -0.39 is 18.2 Å². The fourth-order valence-electron chi connectivity index (χ4n) is 0.393. The van der Waals surface area contributed by atoms with Crippen molar-refractivity contribution in [1.29, 1.82) is 5.26 Å². The van der Waals surface area contributed by atoms with Gasteiger partial charge in [0.1, 0.15) is 6.07 Å². The van der Waals surface area contributed by atoms with Crippen molar-refractivity contribution < 1.29 is 14.3 Å². The van der Waals surface area contributed by atoms with E-state index in [1.165, 1.54) is 14.0 Å².